The Morgan fingerprint density at radius 1 is 1.14 bits per heavy atom. The molecule has 0 spiro atoms. The van der Waals surface area contributed by atoms with E-state index in [2.05, 4.69) is 0 Å². The topological polar surface area (TPSA) is 121 Å². The molecule has 5 aromatic rings. The van der Waals surface area contributed by atoms with Crippen molar-refractivity contribution in [3.05, 3.63) is 97.5 Å². The number of nitrogens with two attached hydrogens (primary N) is 1. The molecule has 0 saturated carbocycles. The monoisotopic (exact) mass is 590 g/mol. The van der Waals surface area contributed by atoms with Crippen LogP contribution < -0.4 is 11.3 Å². The molecule has 0 aliphatic carbocycles. The van der Waals surface area contributed by atoms with E-state index in [1.54, 1.807) is 29.2 Å². The molecule has 0 bridgehead atoms. The molecule has 0 radical (unpaired) electrons. The molecule has 1 unspecified atom stereocenters. The molecule has 5 rings (SSSR count). The third-order valence-corrected chi connectivity index (χ3v) is 8.14. The largest absolute Gasteiger partial charge is 0.465 e. The van der Waals surface area contributed by atoms with Crippen LogP contribution in [0.4, 0.5) is 4.39 Å². The Bertz CT molecular complexity index is 1840. The van der Waals surface area contributed by atoms with Gasteiger partial charge in [-0.1, -0.05) is 31.5 Å². The van der Waals surface area contributed by atoms with Crippen LogP contribution in [0.5, 0.6) is 0 Å². The third kappa shape index (κ3) is 5.45. The van der Waals surface area contributed by atoms with Crippen LogP contribution in [0.3, 0.4) is 0 Å². The minimum absolute atomic E-state index is 0.0261. The zero-order valence-corrected chi connectivity index (χ0v) is 24.5. The standard InChI is InChI=1S/C31H31FN4O5S/c1-17(2)26(35(14-13-33)29(37)19-7-5-18(3)6-8-19)28-34-25-22-15-20(32)9-11-23(22)41-27(25)30(38)36(28)16-21-10-12-24(42-21)31(39)40-4/h5-12,15,17,26H,13-14,16,33H2,1-4H3. The molecule has 3 aromatic heterocycles. The number of halogens is 1. The molecule has 2 N–H and O–H groups in total. The lowest BCUT2D eigenvalue weighted by molar-refractivity contribution is 0.0601. The Morgan fingerprint density at radius 3 is 2.55 bits per heavy atom. The number of benzene rings is 2. The second kappa shape index (κ2) is 11.9. The fourth-order valence-corrected chi connectivity index (χ4v) is 6.00. The van der Waals surface area contributed by atoms with Crippen molar-refractivity contribution in [1.82, 2.24) is 14.5 Å². The number of hydrogen-bond acceptors (Lipinski definition) is 8. The molecule has 3 heterocycles. The van der Waals surface area contributed by atoms with Gasteiger partial charge in [-0.25, -0.2) is 14.2 Å². The maximum absolute atomic E-state index is 14.3. The number of aryl methyl sites for hydroxylation is 1. The van der Waals surface area contributed by atoms with Gasteiger partial charge in [-0.3, -0.25) is 14.2 Å². The number of thiophene rings is 1. The predicted molar refractivity (Wildman–Crippen MR) is 159 cm³/mol. The molecule has 0 saturated heterocycles. The van der Waals surface area contributed by atoms with E-state index in [-0.39, 0.29) is 42.6 Å². The molecule has 0 fully saturated rings. The lowest BCUT2D eigenvalue weighted by Gasteiger charge is -2.35. The van der Waals surface area contributed by atoms with Crippen LogP contribution >= 0.6 is 11.3 Å². The number of furan rings is 1. The SMILES string of the molecule is COC(=O)c1ccc(Cn2c(C(C(C)C)N(CCN)C(=O)c3ccc(C)cc3)nc3c(oc4ccc(F)cc43)c2=O)s1. The number of carbonyl (C=O) groups excluding carboxylic acids is 2. The van der Waals surface area contributed by atoms with Crippen LogP contribution in [0.15, 0.2) is 63.8 Å². The van der Waals surface area contributed by atoms with Crippen molar-refractivity contribution >= 4 is 45.3 Å². The van der Waals surface area contributed by atoms with Crippen molar-refractivity contribution < 1.29 is 23.1 Å². The molecule has 0 aliphatic rings. The second-order valence-electron chi connectivity index (χ2n) is 10.4. The van der Waals surface area contributed by atoms with Crippen molar-refractivity contribution in [3.8, 4) is 0 Å². The van der Waals surface area contributed by atoms with E-state index in [0.717, 1.165) is 5.56 Å². The summed E-state index contributed by atoms with van der Waals surface area (Å²) < 4.78 is 26.5. The lowest BCUT2D eigenvalue weighted by atomic mass is 9.99. The highest BCUT2D eigenvalue weighted by molar-refractivity contribution is 7.13. The van der Waals surface area contributed by atoms with Gasteiger partial charge in [0.2, 0.25) is 5.58 Å². The maximum atomic E-state index is 14.3. The highest BCUT2D eigenvalue weighted by atomic mass is 32.1. The van der Waals surface area contributed by atoms with Crippen molar-refractivity contribution in [3.63, 3.8) is 0 Å². The first-order chi connectivity index (χ1) is 20.1. The summed E-state index contributed by atoms with van der Waals surface area (Å²) in [7, 11) is 1.30. The van der Waals surface area contributed by atoms with E-state index in [1.807, 2.05) is 32.9 Å². The number of esters is 1. The Morgan fingerprint density at radius 2 is 1.88 bits per heavy atom. The van der Waals surface area contributed by atoms with Gasteiger partial charge < -0.3 is 19.8 Å². The summed E-state index contributed by atoms with van der Waals surface area (Å²) in [6.45, 7) is 6.25. The van der Waals surface area contributed by atoms with Crippen molar-refractivity contribution in [1.29, 1.82) is 0 Å². The summed E-state index contributed by atoms with van der Waals surface area (Å²) in [5.74, 6) is -1.13. The van der Waals surface area contributed by atoms with E-state index in [4.69, 9.17) is 19.9 Å². The van der Waals surface area contributed by atoms with Gasteiger partial charge in [0.05, 0.1) is 19.7 Å². The summed E-state index contributed by atoms with van der Waals surface area (Å²) in [5.41, 5.74) is 7.52. The number of aromatic nitrogens is 2. The van der Waals surface area contributed by atoms with Crippen LogP contribution in [-0.4, -0.2) is 46.5 Å². The number of ether oxygens (including phenoxy) is 1. The smallest absolute Gasteiger partial charge is 0.348 e. The normalized spacial score (nSPS) is 12.3. The van der Waals surface area contributed by atoms with Crippen molar-refractivity contribution in [2.45, 2.75) is 33.4 Å². The summed E-state index contributed by atoms with van der Waals surface area (Å²) >= 11 is 1.19. The van der Waals surface area contributed by atoms with Crippen LogP contribution in [-0.2, 0) is 11.3 Å². The summed E-state index contributed by atoms with van der Waals surface area (Å²) in [4.78, 5) is 47.8. The molecular weight excluding hydrogens is 559 g/mol. The van der Waals surface area contributed by atoms with E-state index in [1.165, 1.54) is 41.2 Å². The molecule has 9 nitrogen and oxygen atoms in total. The molecule has 11 heteroatoms. The number of fused-ring (bicyclic) bond motifs is 3. The van der Waals surface area contributed by atoms with Crippen LogP contribution in [0.1, 0.15) is 56.2 Å². The molecular formula is C31H31FN4O5S. The van der Waals surface area contributed by atoms with E-state index in [9.17, 15) is 18.8 Å². The summed E-state index contributed by atoms with van der Waals surface area (Å²) in [5, 5.41) is 0.359. The average molecular weight is 591 g/mol. The van der Waals surface area contributed by atoms with Crippen LogP contribution in [0.25, 0.3) is 22.1 Å². The van der Waals surface area contributed by atoms with Gasteiger partial charge in [0.15, 0.2) is 0 Å². The number of hydrogen-bond donors (Lipinski definition) is 1. The minimum atomic E-state index is -0.682. The van der Waals surface area contributed by atoms with E-state index < -0.39 is 23.4 Å². The molecule has 2 aromatic carbocycles. The molecule has 1 atom stereocenters. The zero-order chi connectivity index (χ0) is 30.1. The van der Waals surface area contributed by atoms with Crippen LogP contribution in [0.2, 0.25) is 0 Å². The average Bonchev–Trinajstić information content (AvgIpc) is 3.59. The Hall–Kier alpha value is -4.35. The zero-order valence-electron chi connectivity index (χ0n) is 23.7. The predicted octanol–water partition coefficient (Wildman–Crippen LogP) is 5.28. The highest BCUT2D eigenvalue weighted by Crippen LogP contribution is 2.33. The third-order valence-electron chi connectivity index (χ3n) is 7.09. The first-order valence-corrected chi connectivity index (χ1v) is 14.3. The maximum Gasteiger partial charge on any atom is 0.348 e. The summed E-state index contributed by atoms with van der Waals surface area (Å²) in [6, 6.07) is 13.9. The second-order valence-corrected chi connectivity index (χ2v) is 11.5. The lowest BCUT2D eigenvalue weighted by Crippen LogP contribution is -2.43. The number of nitrogens with zero attached hydrogens (tertiary/aromatic N) is 3. The molecule has 0 aliphatic heterocycles. The number of rotatable bonds is 9. The van der Waals surface area contributed by atoms with Gasteiger partial charge in [-0.05, 0) is 55.3 Å². The molecule has 42 heavy (non-hydrogen) atoms. The van der Waals surface area contributed by atoms with Gasteiger partial charge >= 0.3 is 5.97 Å². The van der Waals surface area contributed by atoms with Gasteiger partial charge in [0, 0.05) is 28.9 Å². The first kappa shape index (κ1) is 29.2. The fraction of sp³-hybridized carbons (Fsp3) is 0.290. The first-order valence-electron chi connectivity index (χ1n) is 13.5. The Labute approximate surface area is 245 Å². The number of methoxy groups -OCH3 is 1. The fourth-order valence-electron chi connectivity index (χ4n) is 5.09. The van der Waals surface area contributed by atoms with E-state index >= 15 is 0 Å². The van der Waals surface area contributed by atoms with Crippen molar-refractivity contribution in [2.24, 2.45) is 11.7 Å². The van der Waals surface area contributed by atoms with Gasteiger partial charge in [0.1, 0.15) is 27.6 Å². The molecule has 1 amide bonds. The minimum Gasteiger partial charge on any atom is -0.465 e. The van der Waals surface area contributed by atoms with Gasteiger partial charge in [0.25, 0.3) is 11.5 Å². The van der Waals surface area contributed by atoms with Gasteiger partial charge in [-0.2, -0.15) is 0 Å². The quantitative estimate of drug-likeness (QED) is 0.232. The van der Waals surface area contributed by atoms with Crippen molar-refractivity contribution in [2.75, 3.05) is 20.2 Å². The summed E-state index contributed by atoms with van der Waals surface area (Å²) in [6.07, 6.45) is 0. The van der Waals surface area contributed by atoms with E-state index in [0.29, 0.717) is 32.1 Å². The Kier molecular flexibility index (Phi) is 8.24. The highest BCUT2D eigenvalue weighted by Gasteiger charge is 2.33. The Balaban J connectivity index is 1.74. The van der Waals surface area contributed by atoms with Crippen LogP contribution in [0, 0.1) is 18.7 Å². The van der Waals surface area contributed by atoms with Gasteiger partial charge in [-0.15, -0.1) is 11.3 Å². The molecule has 218 valence electrons. The number of amides is 1. The number of carbonyl (C=O) groups is 2.